The zero-order valence-electron chi connectivity index (χ0n) is 14.8. The Morgan fingerprint density at radius 1 is 1.19 bits per heavy atom. The fourth-order valence-corrected chi connectivity index (χ4v) is 3.27. The molecule has 1 aromatic carbocycles. The maximum atomic E-state index is 12.7. The molecule has 0 fully saturated rings. The summed E-state index contributed by atoms with van der Waals surface area (Å²) in [5.74, 6) is 1.76. The van der Waals surface area contributed by atoms with Crippen LogP contribution in [0.2, 0.25) is 0 Å². The number of imidazole rings is 1. The predicted molar refractivity (Wildman–Crippen MR) is 96.2 cm³/mol. The molecule has 0 atom stereocenters. The largest absolute Gasteiger partial charge is 0.335 e. The van der Waals surface area contributed by atoms with E-state index in [0.29, 0.717) is 31.6 Å². The number of nitrogens with zero attached hydrogens (tertiary/aromatic N) is 7. The first-order valence-electron chi connectivity index (χ1n) is 8.86. The van der Waals surface area contributed by atoms with Gasteiger partial charge in [-0.1, -0.05) is 12.1 Å². The van der Waals surface area contributed by atoms with E-state index in [4.69, 9.17) is 5.26 Å². The fourth-order valence-electron chi connectivity index (χ4n) is 3.27. The average Bonchev–Trinajstić information content (AvgIpc) is 3.27. The predicted octanol–water partition coefficient (Wildman–Crippen LogP) is 1.37. The second-order valence-corrected chi connectivity index (χ2v) is 6.57. The Labute approximate surface area is 156 Å². The fraction of sp³-hybridized carbons (Fsp3) is 0.316. The van der Waals surface area contributed by atoms with Gasteiger partial charge in [-0.15, -0.1) is 10.2 Å². The summed E-state index contributed by atoms with van der Waals surface area (Å²) in [4.78, 5) is 18.6. The second-order valence-electron chi connectivity index (χ2n) is 6.57. The van der Waals surface area contributed by atoms with Crippen molar-refractivity contribution in [2.45, 2.75) is 32.5 Å². The first-order valence-corrected chi connectivity index (χ1v) is 8.86. The molecule has 1 amide bonds. The third-order valence-corrected chi connectivity index (χ3v) is 4.72. The van der Waals surface area contributed by atoms with Gasteiger partial charge in [0.2, 0.25) is 5.91 Å². The molecule has 1 aliphatic heterocycles. The molecule has 2 aromatic heterocycles. The minimum absolute atomic E-state index is 0.0623. The maximum Gasteiger partial charge on any atom is 0.227 e. The van der Waals surface area contributed by atoms with Gasteiger partial charge in [-0.2, -0.15) is 5.26 Å². The molecule has 1 aliphatic rings. The van der Waals surface area contributed by atoms with Gasteiger partial charge in [-0.3, -0.25) is 4.79 Å². The van der Waals surface area contributed by atoms with Gasteiger partial charge in [-0.05, 0) is 24.1 Å². The van der Waals surface area contributed by atoms with Gasteiger partial charge in [0, 0.05) is 25.5 Å². The van der Waals surface area contributed by atoms with Crippen LogP contribution < -0.4 is 0 Å². The van der Waals surface area contributed by atoms with E-state index in [1.54, 1.807) is 24.7 Å². The standard InChI is InChI=1S/C19H19N7O/c20-11-16-4-2-15(3-5-16)10-19(27)25-7-1-8-26-17(22-23-18(26)13-25)12-24-9-6-21-14-24/h2-6,9,14H,1,7-8,10,12-13H2. The number of carbonyl (C=O) groups excluding carboxylic acids is 1. The number of hydrogen-bond donors (Lipinski definition) is 0. The maximum absolute atomic E-state index is 12.7. The molecule has 0 N–H and O–H groups in total. The van der Waals surface area contributed by atoms with Crippen molar-refractivity contribution in [1.29, 1.82) is 5.26 Å². The molecule has 0 spiro atoms. The minimum atomic E-state index is 0.0623. The van der Waals surface area contributed by atoms with E-state index >= 15 is 0 Å². The molecule has 3 aromatic rings. The summed E-state index contributed by atoms with van der Waals surface area (Å²) in [5.41, 5.74) is 1.50. The minimum Gasteiger partial charge on any atom is -0.335 e. The van der Waals surface area contributed by atoms with Gasteiger partial charge in [0.05, 0.1) is 37.5 Å². The van der Waals surface area contributed by atoms with Crippen molar-refractivity contribution in [3.05, 3.63) is 65.8 Å². The van der Waals surface area contributed by atoms with Crippen LogP contribution in [0.1, 0.15) is 29.2 Å². The summed E-state index contributed by atoms with van der Waals surface area (Å²) in [6, 6.07) is 9.24. The molecule has 0 radical (unpaired) electrons. The van der Waals surface area contributed by atoms with E-state index in [1.165, 1.54) is 0 Å². The van der Waals surface area contributed by atoms with Crippen molar-refractivity contribution in [2.24, 2.45) is 0 Å². The van der Waals surface area contributed by atoms with Crippen molar-refractivity contribution in [3.8, 4) is 6.07 Å². The number of benzene rings is 1. The molecule has 0 saturated heterocycles. The molecular formula is C19H19N7O. The number of fused-ring (bicyclic) bond motifs is 1. The number of amides is 1. The van der Waals surface area contributed by atoms with Gasteiger partial charge >= 0.3 is 0 Å². The lowest BCUT2D eigenvalue weighted by Gasteiger charge is -2.19. The topological polar surface area (TPSA) is 92.6 Å². The molecular weight excluding hydrogens is 342 g/mol. The molecule has 0 unspecified atom stereocenters. The highest BCUT2D eigenvalue weighted by molar-refractivity contribution is 5.78. The molecule has 8 nitrogen and oxygen atoms in total. The Morgan fingerprint density at radius 2 is 2.04 bits per heavy atom. The lowest BCUT2D eigenvalue weighted by molar-refractivity contribution is -0.131. The van der Waals surface area contributed by atoms with Gasteiger partial charge in [-0.25, -0.2) is 4.98 Å². The van der Waals surface area contributed by atoms with Crippen molar-refractivity contribution < 1.29 is 4.79 Å². The molecule has 136 valence electrons. The molecule has 0 bridgehead atoms. The lowest BCUT2D eigenvalue weighted by Crippen LogP contribution is -2.32. The first-order chi connectivity index (χ1) is 13.2. The van der Waals surface area contributed by atoms with E-state index in [-0.39, 0.29) is 5.91 Å². The summed E-state index contributed by atoms with van der Waals surface area (Å²) < 4.78 is 4.06. The first kappa shape index (κ1) is 17.0. The SMILES string of the molecule is N#Cc1ccc(CC(=O)N2CCCn3c(nnc3Cn3ccnc3)C2)cc1. The Balaban J connectivity index is 1.45. The van der Waals surface area contributed by atoms with Crippen LogP contribution in [0.3, 0.4) is 0 Å². The average molecular weight is 361 g/mol. The Kier molecular flexibility index (Phi) is 4.66. The van der Waals surface area contributed by atoms with Crippen LogP contribution in [0.4, 0.5) is 0 Å². The monoisotopic (exact) mass is 361 g/mol. The summed E-state index contributed by atoms with van der Waals surface area (Å²) in [5, 5.41) is 17.5. The van der Waals surface area contributed by atoms with E-state index in [1.807, 2.05) is 27.8 Å². The van der Waals surface area contributed by atoms with Crippen molar-refractivity contribution in [1.82, 2.24) is 29.2 Å². The van der Waals surface area contributed by atoms with Gasteiger partial charge in [0.1, 0.15) is 0 Å². The smallest absolute Gasteiger partial charge is 0.227 e. The summed E-state index contributed by atoms with van der Waals surface area (Å²) in [6.45, 7) is 2.58. The van der Waals surface area contributed by atoms with Crippen LogP contribution in [0, 0.1) is 11.3 Å². The highest BCUT2D eigenvalue weighted by Crippen LogP contribution is 2.15. The molecule has 8 heteroatoms. The molecule has 4 rings (SSSR count). The Hall–Kier alpha value is -3.47. The van der Waals surface area contributed by atoms with Crippen LogP contribution in [0.25, 0.3) is 0 Å². The van der Waals surface area contributed by atoms with Crippen LogP contribution in [-0.4, -0.2) is 41.7 Å². The molecule has 3 heterocycles. The van der Waals surface area contributed by atoms with Crippen molar-refractivity contribution >= 4 is 5.91 Å². The summed E-state index contributed by atoms with van der Waals surface area (Å²) >= 11 is 0. The summed E-state index contributed by atoms with van der Waals surface area (Å²) in [6.07, 6.45) is 6.57. The van der Waals surface area contributed by atoms with E-state index < -0.39 is 0 Å². The van der Waals surface area contributed by atoms with Gasteiger partial charge in [0.15, 0.2) is 11.6 Å². The zero-order valence-corrected chi connectivity index (χ0v) is 14.8. The number of aromatic nitrogens is 5. The summed E-state index contributed by atoms with van der Waals surface area (Å²) in [7, 11) is 0. The van der Waals surface area contributed by atoms with E-state index in [9.17, 15) is 4.79 Å². The third kappa shape index (κ3) is 3.72. The number of rotatable bonds is 4. The number of nitriles is 1. The Bertz CT molecular complexity index is 967. The van der Waals surface area contributed by atoms with Crippen LogP contribution in [0.5, 0.6) is 0 Å². The van der Waals surface area contributed by atoms with Crippen molar-refractivity contribution in [2.75, 3.05) is 6.54 Å². The normalized spacial score (nSPS) is 13.7. The Morgan fingerprint density at radius 3 is 2.78 bits per heavy atom. The zero-order chi connectivity index (χ0) is 18.6. The van der Waals surface area contributed by atoms with Crippen LogP contribution in [-0.2, 0) is 30.8 Å². The third-order valence-electron chi connectivity index (χ3n) is 4.72. The second kappa shape index (κ2) is 7.41. The van der Waals surface area contributed by atoms with Gasteiger partial charge < -0.3 is 14.0 Å². The molecule has 0 aliphatic carbocycles. The van der Waals surface area contributed by atoms with Crippen molar-refractivity contribution in [3.63, 3.8) is 0 Å². The van der Waals surface area contributed by atoms with E-state index in [0.717, 1.165) is 30.2 Å². The van der Waals surface area contributed by atoms with E-state index in [2.05, 4.69) is 25.8 Å². The lowest BCUT2D eigenvalue weighted by atomic mass is 10.1. The van der Waals surface area contributed by atoms with Gasteiger partial charge in [0.25, 0.3) is 0 Å². The highest BCUT2D eigenvalue weighted by Gasteiger charge is 2.22. The number of carbonyl (C=O) groups is 1. The van der Waals surface area contributed by atoms with Crippen LogP contribution in [0.15, 0.2) is 43.0 Å². The highest BCUT2D eigenvalue weighted by atomic mass is 16.2. The number of hydrogen-bond acceptors (Lipinski definition) is 5. The molecule has 0 saturated carbocycles. The quantitative estimate of drug-likeness (QED) is 0.700. The van der Waals surface area contributed by atoms with Crippen LogP contribution >= 0.6 is 0 Å². The molecule has 27 heavy (non-hydrogen) atoms.